The third-order valence-corrected chi connectivity index (χ3v) is 12.2. The maximum atomic E-state index is 13.5. The number of nitriles is 1. The maximum absolute atomic E-state index is 13.5. The number of ether oxygens (including phenoxy) is 1. The van der Waals surface area contributed by atoms with Gasteiger partial charge in [-0.05, 0) is 93.3 Å². The van der Waals surface area contributed by atoms with Gasteiger partial charge in [0.2, 0.25) is 0 Å². The molecule has 3 unspecified atom stereocenters. The third kappa shape index (κ3) is 2.39. The molecule has 1 N–H and O–H groups in total. The molecule has 6 heteroatoms. The van der Waals surface area contributed by atoms with Gasteiger partial charge >= 0.3 is 0 Å². The Balaban J connectivity index is 1.16. The summed E-state index contributed by atoms with van der Waals surface area (Å²) in [6.45, 7) is 7.13. The molecule has 7 rings (SSSR count). The van der Waals surface area contributed by atoms with E-state index in [1.165, 1.54) is 12.6 Å². The second-order valence-corrected chi connectivity index (χ2v) is 13.3. The summed E-state index contributed by atoms with van der Waals surface area (Å²) in [4.78, 5) is 13.5. The zero-order chi connectivity index (χ0) is 23.7. The molecular weight excluding hydrogens is 426 g/mol. The number of carbonyl (C=O) groups excluding carboxylic acids is 1. The second kappa shape index (κ2) is 6.53. The Morgan fingerprint density at radius 2 is 2.06 bits per heavy atom. The number of fused-ring (bicyclic) bond motifs is 5. The van der Waals surface area contributed by atoms with E-state index in [1.807, 2.05) is 6.92 Å². The molecule has 1 aromatic heterocycles. The van der Waals surface area contributed by atoms with Crippen LogP contribution in [-0.4, -0.2) is 38.0 Å². The summed E-state index contributed by atoms with van der Waals surface area (Å²) in [5.74, 6) is 3.30. The zero-order valence-corrected chi connectivity index (χ0v) is 20.7. The van der Waals surface area contributed by atoms with Crippen LogP contribution in [0.1, 0.15) is 77.7 Å². The van der Waals surface area contributed by atoms with Gasteiger partial charge in [0.15, 0.2) is 5.78 Å². The van der Waals surface area contributed by atoms with Crippen LogP contribution in [0.4, 0.5) is 0 Å². The largest absolute Gasteiger partial charge is 0.390 e. The summed E-state index contributed by atoms with van der Waals surface area (Å²) in [6, 6.07) is 2.10. The number of nitrogens with zero attached hydrogens (tertiary/aromatic N) is 3. The van der Waals surface area contributed by atoms with Crippen LogP contribution in [0.25, 0.3) is 0 Å². The van der Waals surface area contributed by atoms with E-state index < -0.39 is 5.60 Å². The number of aliphatic hydroxyl groups is 1. The van der Waals surface area contributed by atoms with Crippen molar-refractivity contribution in [2.24, 2.45) is 46.3 Å². The third-order valence-electron chi connectivity index (χ3n) is 12.2. The fourth-order valence-corrected chi connectivity index (χ4v) is 10.9. The van der Waals surface area contributed by atoms with Crippen molar-refractivity contribution in [3.63, 3.8) is 0 Å². The van der Waals surface area contributed by atoms with E-state index in [0.717, 1.165) is 44.9 Å². The van der Waals surface area contributed by atoms with Crippen LogP contribution in [0.2, 0.25) is 0 Å². The Kier molecular flexibility index (Phi) is 4.14. The first-order chi connectivity index (χ1) is 16.2. The number of carbonyl (C=O) groups is 1. The lowest BCUT2D eigenvalue weighted by molar-refractivity contribution is -0.165. The fraction of sp³-hybridized carbons (Fsp3) is 0.821. The molecule has 6 aliphatic rings. The summed E-state index contributed by atoms with van der Waals surface area (Å²) in [6.07, 6.45) is 11.9. The number of ketones is 1. The topological polar surface area (TPSA) is 88.1 Å². The van der Waals surface area contributed by atoms with E-state index in [9.17, 15) is 9.90 Å². The minimum atomic E-state index is -0.553. The van der Waals surface area contributed by atoms with Gasteiger partial charge in [-0.25, -0.2) is 0 Å². The standard InChI is InChI=1S/C28H37N3O3/c1-16-27-9-8-25(2,33)11-22(27)24-10-18-19-4-5-21(23(32)15-31-14-17(12-29)13-30-31)26(19,3)7-6-20(18)28(16,27)34-24/h13-14,16,18-22,24,33H,4-11,15H2,1-3H3/t16-,18+,19+,20?,21-,22?,24-,25-,26+,27-,28?/m1/s1. The number of aromatic nitrogens is 2. The summed E-state index contributed by atoms with van der Waals surface area (Å²) >= 11 is 0. The average Bonchev–Trinajstić information content (AvgIpc) is 3.23. The Bertz CT molecular complexity index is 1100. The Hall–Kier alpha value is -1.71. The molecule has 0 amide bonds. The van der Waals surface area contributed by atoms with Gasteiger partial charge in [-0.2, -0.15) is 10.4 Å². The molecule has 1 aromatic rings. The van der Waals surface area contributed by atoms with Gasteiger partial charge in [0, 0.05) is 17.5 Å². The van der Waals surface area contributed by atoms with Crippen molar-refractivity contribution < 1.29 is 14.6 Å². The summed E-state index contributed by atoms with van der Waals surface area (Å²) in [7, 11) is 0. The first-order valence-electron chi connectivity index (χ1n) is 13.5. The summed E-state index contributed by atoms with van der Waals surface area (Å²) in [5.41, 5.74) is 0.336. The molecule has 0 radical (unpaired) electrons. The van der Waals surface area contributed by atoms with Crippen LogP contribution in [-0.2, 0) is 16.1 Å². The van der Waals surface area contributed by atoms with E-state index in [-0.39, 0.29) is 35.4 Å². The lowest BCUT2D eigenvalue weighted by atomic mass is 9.54. The van der Waals surface area contributed by atoms with Gasteiger partial charge in [0.25, 0.3) is 0 Å². The summed E-state index contributed by atoms with van der Waals surface area (Å²) < 4.78 is 8.65. The fourth-order valence-electron chi connectivity index (χ4n) is 10.9. The van der Waals surface area contributed by atoms with E-state index in [1.54, 1.807) is 10.9 Å². The maximum Gasteiger partial charge on any atom is 0.157 e. The molecule has 2 spiro atoms. The average molecular weight is 464 g/mol. The van der Waals surface area contributed by atoms with Crippen molar-refractivity contribution in [1.82, 2.24) is 9.78 Å². The van der Waals surface area contributed by atoms with Gasteiger partial charge in [-0.3, -0.25) is 9.48 Å². The van der Waals surface area contributed by atoms with Gasteiger partial charge < -0.3 is 9.84 Å². The smallest absolute Gasteiger partial charge is 0.157 e. The van der Waals surface area contributed by atoms with Gasteiger partial charge in [0.05, 0.1) is 35.6 Å². The molecular formula is C28H37N3O3. The van der Waals surface area contributed by atoms with E-state index in [0.29, 0.717) is 40.6 Å². The minimum absolute atomic E-state index is 0.0356. The molecule has 2 bridgehead atoms. The second-order valence-electron chi connectivity index (χ2n) is 13.3. The van der Waals surface area contributed by atoms with Crippen molar-refractivity contribution in [2.45, 2.75) is 96.0 Å². The predicted octanol–water partition coefficient (Wildman–Crippen LogP) is 4.11. The number of Topliss-reactive ketones (excluding diaryl/α,β-unsaturated/α-hetero) is 1. The molecule has 6 nitrogen and oxygen atoms in total. The lowest BCUT2D eigenvalue weighted by Gasteiger charge is -2.54. The predicted molar refractivity (Wildman–Crippen MR) is 124 cm³/mol. The Morgan fingerprint density at radius 1 is 1.24 bits per heavy atom. The highest BCUT2D eigenvalue weighted by Crippen LogP contribution is 2.85. The highest BCUT2D eigenvalue weighted by Gasteiger charge is 2.88. The van der Waals surface area contributed by atoms with Crippen molar-refractivity contribution in [3.8, 4) is 6.07 Å². The first-order valence-corrected chi connectivity index (χ1v) is 13.5. The lowest BCUT2D eigenvalue weighted by Crippen LogP contribution is -2.52. The Labute approximate surface area is 202 Å². The first kappa shape index (κ1) is 21.6. The van der Waals surface area contributed by atoms with Crippen molar-refractivity contribution in [2.75, 3.05) is 0 Å². The molecule has 3 heterocycles. The number of hydrogen-bond donors (Lipinski definition) is 1. The van der Waals surface area contributed by atoms with Crippen molar-refractivity contribution in [3.05, 3.63) is 18.0 Å². The number of rotatable bonds is 3. The highest BCUT2D eigenvalue weighted by atomic mass is 16.5. The Morgan fingerprint density at radius 3 is 2.82 bits per heavy atom. The van der Waals surface area contributed by atoms with Crippen LogP contribution >= 0.6 is 0 Å². The van der Waals surface area contributed by atoms with Crippen molar-refractivity contribution in [1.29, 1.82) is 5.26 Å². The zero-order valence-electron chi connectivity index (χ0n) is 20.7. The van der Waals surface area contributed by atoms with E-state index in [2.05, 4.69) is 25.0 Å². The van der Waals surface area contributed by atoms with Gasteiger partial charge in [-0.1, -0.05) is 13.8 Å². The van der Waals surface area contributed by atoms with Crippen LogP contribution in [0.3, 0.4) is 0 Å². The number of hydrogen-bond acceptors (Lipinski definition) is 5. The van der Waals surface area contributed by atoms with Crippen molar-refractivity contribution >= 4 is 5.78 Å². The van der Waals surface area contributed by atoms with Gasteiger partial charge in [-0.15, -0.1) is 0 Å². The SMILES string of the molecule is C[C@H]1C23O[C@H](C[C@@H]4C2CC[C@]2(C)[C@@H](C(=O)Cn5cc(C#N)cn5)CC[C@@H]42)C2C[C@](C)(O)CC[C@]213. The van der Waals surface area contributed by atoms with Gasteiger partial charge in [0.1, 0.15) is 6.07 Å². The summed E-state index contributed by atoms with van der Waals surface area (Å²) in [5, 5.41) is 24.2. The minimum Gasteiger partial charge on any atom is -0.390 e. The normalized spacial score (nSPS) is 54.4. The molecule has 34 heavy (non-hydrogen) atoms. The molecule has 4 saturated carbocycles. The molecule has 2 aliphatic heterocycles. The quantitative estimate of drug-likeness (QED) is 0.729. The molecule has 11 atom stereocenters. The molecule has 182 valence electrons. The monoisotopic (exact) mass is 463 g/mol. The van der Waals surface area contributed by atoms with E-state index >= 15 is 0 Å². The molecule has 2 saturated heterocycles. The molecule has 4 aliphatic carbocycles. The van der Waals surface area contributed by atoms with Crippen LogP contribution in [0.5, 0.6) is 0 Å². The molecule has 6 fully saturated rings. The van der Waals surface area contributed by atoms with Crippen LogP contribution in [0, 0.1) is 57.7 Å². The highest BCUT2D eigenvalue weighted by molar-refractivity contribution is 5.82. The van der Waals surface area contributed by atoms with Crippen LogP contribution in [0.15, 0.2) is 12.4 Å². The molecule has 0 aromatic carbocycles. The van der Waals surface area contributed by atoms with Crippen LogP contribution < -0.4 is 0 Å². The van der Waals surface area contributed by atoms with E-state index in [4.69, 9.17) is 10.00 Å².